The van der Waals surface area contributed by atoms with Crippen LogP contribution in [-0.4, -0.2) is 65.9 Å². The third kappa shape index (κ3) is 7.61. The first kappa shape index (κ1) is 31.4. The Hall–Kier alpha value is -4.59. The van der Waals surface area contributed by atoms with Gasteiger partial charge in [0.1, 0.15) is 0 Å². The van der Waals surface area contributed by atoms with Crippen LogP contribution in [0.15, 0.2) is 97.1 Å². The van der Waals surface area contributed by atoms with Crippen molar-refractivity contribution < 1.29 is 24.6 Å². The molecule has 7 heteroatoms. The molecule has 6 rings (SSSR count). The average Bonchev–Trinajstić information content (AvgIpc) is 3.09. The number of aliphatic hydroxyl groups is 2. The van der Waals surface area contributed by atoms with Gasteiger partial charge in [0, 0.05) is 72.6 Å². The van der Waals surface area contributed by atoms with E-state index in [1.54, 1.807) is 24.3 Å². The first-order valence-corrected chi connectivity index (χ1v) is 16.2. The van der Waals surface area contributed by atoms with Crippen molar-refractivity contribution in [3.8, 4) is 0 Å². The lowest BCUT2D eigenvalue weighted by atomic mass is 9.97. The van der Waals surface area contributed by atoms with Crippen LogP contribution in [0, 0.1) is 0 Å². The molecule has 236 valence electrons. The summed E-state index contributed by atoms with van der Waals surface area (Å²) in [5.41, 5.74) is 6.18. The molecule has 0 bridgehead atoms. The monoisotopic (exact) mass is 616 g/mol. The summed E-state index contributed by atoms with van der Waals surface area (Å²) in [6.45, 7) is 3.25. The number of ketones is 3. The Morgan fingerprint density at radius 2 is 0.783 bits per heavy atom. The van der Waals surface area contributed by atoms with Gasteiger partial charge in [-0.05, 0) is 85.3 Å². The fraction of sp³-hybridized carbons (Fsp3) is 0.308. The van der Waals surface area contributed by atoms with E-state index in [4.69, 9.17) is 0 Å². The molecule has 2 N–H and O–H groups in total. The average molecular weight is 617 g/mol. The molecule has 0 unspecified atom stereocenters. The van der Waals surface area contributed by atoms with E-state index in [1.807, 2.05) is 72.8 Å². The lowest BCUT2D eigenvalue weighted by molar-refractivity contribution is 0.0984. The number of Topliss-reactive ketones (excluding diaryl/α,β-unsaturated/α-hetero) is 2. The Morgan fingerprint density at radius 3 is 1.11 bits per heavy atom. The molecule has 2 fully saturated rings. The normalized spacial score (nSPS) is 16.0. The molecular weight excluding hydrogens is 576 g/mol. The SMILES string of the molecule is O=C(Cc1ccc(C(=O)c2ccc(CC(=O)c3ccc(N4CCC(O)CC4)cc3)cc2)cc1)c1ccc(N2CCC(O)CC2)cc1. The van der Waals surface area contributed by atoms with Gasteiger partial charge < -0.3 is 20.0 Å². The number of nitrogens with zero attached hydrogens (tertiary/aromatic N) is 2. The minimum Gasteiger partial charge on any atom is -0.393 e. The fourth-order valence-electron chi connectivity index (χ4n) is 6.25. The summed E-state index contributed by atoms with van der Waals surface area (Å²) in [6.07, 6.45) is 3.08. The second-order valence-corrected chi connectivity index (χ2v) is 12.5. The van der Waals surface area contributed by atoms with Gasteiger partial charge in [0.05, 0.1) is 12.2 Å². The van der Waals surface area contributed by atoms with E-state index in [0.29, 0.717) is 22.3 Å². The van der Waals surface area contributed by atoms with E-state index in [2.05, 4.69) is 9.80 Å². The molecule has 4 aromatic carbocycles. The van der Waals surface area contributed by atoms with Crippen molar-refractivity contribution in [1.82, 2.24) is 0 Å². The van der Waals surface area contributed by atoms with Crippen LogP contribution in [0.25, 0.3) is 0 Å². The third-order valence-corrected chi connectivity index (χ3v) is 9.20. The van der Waals surface area contributed by atoms with Crippen LogP contribution in [0.4, 0.5) is 11.4 Å². The summed E-state index contributed by atoms with van der Waals surface area (Å²) >= 11 is 0. The van der Waals surface area contributed by atoms with Crippen LogP contribution in [-0.2, 0) is 12.8 Å². The van der Waals surface area contributed by atoms with E-state index in [1.165, 1.54) is 0 Å². The summed E-state index contributed by atoms with van der Waals surface area (Å²) in [6, 6.07) is 29.6. The number of rotatable bonds is 10. The number of carbonyl (C=O) groups is 3. The highest BCUT2D eigenvalue weighted by Gasteiger charge is 2.19. The van der Waals surface area contributed by atoms with Gasteiger partial charge in [-0.25, -0.2) is 0 Å². The van der Waals surface area contributed by atoms with Crippen LogP contribution >= 0.6 is 0 Å². The number of hydrogen-bond acceptors (Lipinski definition) is 7. The molecule has 2 saturated heterocycles. The summed E-state index contributed by atoms with van der Waals surface area (Å²) in [4.78, 5) is 43.5. The molecule has 0 radical (unpaired) electrons. The highest BCUT2D eigenvalue weighted by molar-refractivity contribution is 6.09. The second kappa shape index (κ2) is 14.2. The van der Waals surface area contributed by atoms with Gasteiger partial charge in [-0.15, -0.1) is 0 Å². The van der Waals surface area contributed by atoms with E-state index in [0.717, 1.165) is 74.4 Å². The Bertz CT molecular complexity index is 1520. The van der Waals surface area contributed by atoms with Crippen LogP contribution in [0.2, 0.25) is 0 Å². The highest BCUT2D eigenvalue weighted by atomic mass is 16.3. The zero-order chi connectivity index (χ0) is 32.0. The molecule has 2 aliphatic rings. The van der Waals surface area contributed by atoms with Gasteiger partial charge in [-0.1, -0.05) is 48.5 Å². The first-order chi connectivity index (χ1) is 22.3. The maximum absolute atomic E-state index is 13.1. The summed E-state index contributed by atoms with van der Waals surface area (Å²) in [5, 5.41) is 19.5. The molecular formula is C39H40N2O5. The maximum Gasteiger partial charge on any atom is 0.193 e. The van der Waals surface area contributed by atoms with Crippen LogP contribution in [0.3, 0.4) is 0 Å². The van der Waals surface area contributed by atoms with E-state index < -0.39 is 0 Å². The zero-order valence-electron chi connectivity index (χ0n) is 26.0. The zero-order valence-corrected chi connectivity index (χ0v) is 26.0. The molecule has 0 aromatic heterocycles. The number of aliphatic hydroxyl groups excluding tert-OH is 2. The number of piperidine rings is 2. The molecule has 2 heterocycles. The van der Waals surface area contributed by atoms with Crippen molar-refractivity contribution >= 4 is 28.7 Å². The minimum atomic E-state index is -0.223. The first-order valence-electron chi connectivity index (χ1n) is 16.2. The number of benzene rings is 4. The highest BCUT2D eigenvalue weighted by Crippen LogP contribution is 2.23. The van der Waals surface area contributed by atoms with Crippen molar-refractivity contribution in [3.05, 3.63) is 130 Å². The number of carbonyl (C=O) groups excluding carboxylic acids is 3. The smallest absolute Gasteiger partial charge is 0.193 e. The van der Waals surface area contributed by atoms with Crippen LogP contribution in [0.1, 0.15) is 73.4 Å². The molecule has 0 spiro atoms. The minimum absolute atomic E-state index is 0.0171. The molecule has 4 aromatic rings. The lowest BCUT2D eigenvalue weighted by Crippen LogP contribution is -2.35. The molecule has 0 atom stereocenters. The summed E-state index contributed by atoms with van der Waals surface area (Å²) < 4.78 is 0. The number of anilines is 2. The van der Waals surface area contributed by atoms with Crippen LogP contribution in [0.5, 0.6) is 0 Å². The Kier molecular flexibility index (Phi) is 9.71. The van der Waals surface area contributed by atoms with Crippen molar-refractivity contribution in [2.75, 3.05) is 36.0 Å². The van der Waals surface area contributed by atoms with Gasteiger partial charge in [0.25, 0.3) is 0 Å². The quantitative estimate of drug-likeness (QED) is 0.221. The predicted molar refractivity (Wildman–Crippen MR) is 180 cm³/mol. The van der Waals surface area contributed by atoms with Gasteiger partial charge >= 0.3 is 0 Å². The molecule has 0 aliphatic carbocycles. The van der Waals surface area contributed by atoms with Gasteiger partial charge in [-0.3, -0.25) is 14.4 Å². The Morgan fingerprint density at radius 1 is 0.478 bits per heavy atom. The maximum atomic E-state index is 13.1. The van der Waals surface area contributed by atoms with Crippen molar-refractivity contribution in [1.29, 1.82) is 0 Å². The van der Waals surface area contributed by atoms with Gasteiger partial charge in [-0.2, -0.15) is 0 Å². The standard InChI is InChI=1S/C39H40N2O5/c42-35-17-21-40(22-18-35)33-13-9-29(10-14-33)37(44)25-27-1-5-31(6-2-27)39(46)32-7-3-28(4-8-32)26-38(45)30-11-15-34(16-12-30)41-23-19-36(43)20-24-41/h1-16,35-36,42-43H,17-26H2. The van der Waals surface area contributed by atoms with Crippen LogP contribution < -0.4 is 9.80 Å². The molecule has 46 heavy (non-hydrogen) atoms. The van der Waals surface area contributed by atoms with Crippen molar-refractivity contribution in [3.63, 3.8) is 0 Å². The summed E-state index contributed by atoms with van der Waals surface area (Å²) in [7, 11) is 0. The summed E-state index contributed by atoms with van der Waals surface area (Å²) in [5.74, 6) is -0.0792. The molecule has 2 aliphatic heterocycles. The largest absolute Gasteiger partial charge is 0.393 e. The van der Waals surface area contributed by atoms with E-state index in [9.17, 15) is 24.6 Å². The fourth-order valence-corrected chi connectivity index (χ4v) is 6.25. The van der Waals surface area contributed by atoms with Gasteiger partial charge in [0.15, 0.2) is 17.3 Å². The Balaban J connectivity index is 1.00. The topological polar surface area (TPSA) is 98.2 Å². The van der Waals surface area contributed by atoms with Crippen molar-refractivity contribution in [2.45, 2.75) is 50.7 Å². The Labute approximate surface area is 270 Å². The van der Waals surface area contributed by atoms with E-state index >= 15 is 0 Å². The van der Waals surface area contributed by atoms with E-state index in [-0.39, 0.29) is 42.4 Å². The lowest BCUT2D eigenvalue weighted by Gasteiger charge is -2.31. The third-order valence-electron chi connectivity index (χ3n) is 9.20. The molecule has 0 amide bonds. The predicted octanol–water partition coefficient (Wildman–Crippen LogP) is 5.69. The molecule has 7 nitrogen and oxygen atoms in total. The molecule has 0 saturated carbocycles. The second-order valence-electron chi connectivity index (χ2n) is 12.5. The van der Waals surface area contributed by atoms with Crippen molar-refractivity contribution in [2.24, 2.45) is 0 Å². The van der Waals surface area contributed by atoms with Gasteiger partial charge in [0.2, 0.25) is 0 Å². The number of hydrogen-bond donors (Lipinski definition) is 2.